The highest BCUT2D eigenvalue weighted by Crippen LogP contribution is 2.45. The maximum Gasteiger partial charge on any atom is 0.501 e. The summed E-state index contributed by atoms with van der Waals surface area (Å²) in [5, 5.41) is 14.3. The fraction of sp³-hybridized carbons (Fsp3) is 0.233. The zero-order valence-corrected chi connectivity index (χ0v) is 23.9. The molecule has 4 unspecified atom stereocenters. The Morgan fingerprint density at radius 1 is 0.933 bits per heavy atom. The van der Waals surface area contributed by atoms with E-state index in [9.17, 15) is 40.4 Å². The SMILES string of the molecule is COc1cc(F)c(-c2ccc(C(=O)O)c(F)c2)cc1C(=O)NC1C2C=CC(C2)C1C(=O)Nc1cccc(S(=O)(=O)C(F)(F)F)c1. The van der Waals surface area contributed by atoms with Crippen LogP contribution in [0.3, 0.4) is 0 Å². The van der Waals surface area contributed by atoms with Gasteiger partial charge in [-0.15, -0.1) is 0 Å². The first-order chi connectivity index (χ1) is 21.1. The van der Waals surface area contributed by atoms with Crippen molar-refractivity contribution in [3.63, 3.8) is 0 Å². The lowest BCUT2D eigenvalue weighted by atomic mass is 9.87. The number of halogens is 5. The number of amides is 2. The lowest BCUT2D eigenvalue weighted by molar-refractivity contribution is -0.121. The van der Waals surface area contributed by atoms with Crippen molar-refractivity contribution < 1.29 is 54.6 Å². The molecule has 9 nitrogen and oxygen atoms in total. The zero-order chi connectivity index (χ0) is 32.8. The maximum atomic E-state index is 15.0. The molecule has 2 aliphatic carbocycles. The molecule has 3 aromatic carbocycles. The molecule has 5 rings (SSSR count). The highest BCUT2D eigenvalue weighted by molar-refractivity contribution is 7.92. The van der Waals surface area contributed by atoms with E-state index < -0.39 is 67.2 Å². The number of allylic oxidation sites excluding steroid dienone is 1. The number of carboxylic acid groups (broad SMARTS) is 1. The summed E-state index contributed by atoms with van der Waals surface area (Å²) >= 11 is 0. The lowest BCUT2D eigenvalue weighted by Gasteiger charge is -2.28. The third-order valence-electron chi connectivity index (χ3n) is 7.82. The highest BCUT2D eigenvalue weighted by atomic mass is 32.2. The summed E-state index contributed by atoms with van der Waals surface area (Å²) in [5.74, 6) is -6.75. The van der Waals surface area contributed by atoms with Crippen LogP contribution >= 0.6 is 0 Å². The van der Waals surface area contributed by atoms with Crippen molar-refractivity contribution >= 4 is 33.3 Å². The normalized spacial score (nSPS) is 20.6. The van der Waals surface area contributed by atoms with Crippen molar-refractivity contribution in [3.05, 3.63) is 89.5 Å². The zero-order valence-electron chi connectivity index (χ0n) is 23.1. The molecule has 1 saturated carbocycles. The first-order valence-electron chi connectivity index (χ1n) is 13.2. The van der Waals surface area contributed by atoms with Gasteiger partial charge < -0.3 is 20.5 Å². The van der Waals surface area contributed by atoms with Gasteiger partial charge in [0.25, 0.3) is 15.7 Å². The minimum Gasteiger partial charge on any atom is -0.496 e. The van der Waals surface area contributed by atoms with Gasteiger partial charge in [0.1, 0.15) is 17.4 Å². The number of sulfone groups is 1. The van der Waals surface area contributed by atoms with E-state index in [1.165, 1.54) is 19.2 Å². The number of carbonyl (C=O) groups is 3. The third kappa shape index (κ3) is 5.87. The van der Waals surface area contributed by atoms with E-state index in [4.69, 9.17) is 9.84 Å². The Labute approximate surface area is 252 Å². The number of nitrogens with one attached hydrogen (secondary N) is 2. The number of fused-ring (bicyclic) bond motifs is 2. The molecule has 3 aromatic rings. The Balaban J connectivity index is 1.41. The van der Waals surface area contributed by atoms with Gasteiger partial charge in [0.15, 0.2) is 0 Å². The molecule has 0 aliphatic heterocycles. The molecule has 2 amide bonds. The number of methoxy groups -OCH3 is 1. The van der Waals surface area contributed by atoms with Crippen LogP contribution in [0.15, 0.2) is 71.6 Å². The maximum absolute atomic E-state index is 15.0. The number of rotatable bonds is 8. The predicted molar refractivity (Wildman–Crippen MR) is 149 cm³/mol. The molecule has 0 radical (unpaired) electrons. The largest absolute Gasteiger partial charge is 0.501 e. The summed E-state index contributed by atoms with van der Waals surface area (Å²) < 4.78 is 97.4. The Kier molecular flexibility index (Phi) is 8.16. The minimum atomic E-state index is -5.67. The van der Waals surface area contributed by atoms with Gasteiger partial charge in [-0.25, -0.2) is 22.0 Å². The average molecular weight is 651 g/mol. The van der Waals surface area contributed by atoms with Crippen molar-refractivity contribution in [3.8, 4) is 16.9 Å². The number of aromatic carboxylic acids is 1. The van der Waals surface area contributed by atoms with Crippen molar-refractivity contribution in [2.45, 2.75) is 22.9 Å². The first-order valence-corrected chi connectivity index (χ1v) is 14.7. The molecule has 0 aromatic heterocycles. The van der Waals surface area contributed by atoms with E-state index in [0.717, 1.165) is 36.4 Å². The van der Waals surface area contributed by atoms with E-state index in [-0.39, 0.29) is 40.0 Å². The lowest BCUT2D eigenvalue weighted by Crippen LogP contribution is -2.47. The van der Waals surface area contributed by atoms with Crippen LogP contribution < -0.4 is 15.4 Å². The number of hydrogen-bond donors (Lipinski definition) is 3. The number of ether oxygens (including phenoxy) is 1. The summed E-state index contributed by atoms with van der Waals surface area (Å²) in [6.07, 6.45) is 4.04. The fourth-order valence-electron chi connectivity index (χ4n) is 5.68. The molecule has 4 atom stereocenters. The van der Waals surface area contributed by atoms with E-state index in [1.807, 2.05) is 0 Å². The Morgan fingerprint density at radius 3 is 2.29 bits per heavy atom. The van der Waals surface area contributed by atoms with E-state index in [2.05, 4.69) is 10.6 Å². The molecule has 1 fully saturated rings. The Morgan fingerprint density at radius 2 is 1.64 bits per heavy atom. The van der Waals surface area contributed by atoms with Crippen LogP contribution in [0.5, 0.6) is 5.75 Å². The van der Waals surface area contributed by atoms with Gasteiger partial charge >= 0.3 is 11.5 Å². The molecule has 0 heterocycles. The van der Waals surface area contributed by atoms with Crippen LogP contribution in [0.4, 0.5) is 27.6 Å². The Bertz CT molecular complexity index is 1860. The van der Waals surface area contributed by atoms with E-state index >= 15 is 4.39 Å². The molecule has 2 bridgehead atoms. The minimum absolute atomic E-state index is 0.0541. The van der Waals surface area contributed by atoms with Crippen molar-refractivity contribution in [1.29, 1.82) is 0 Å². The van der Waals surface area contributed by atoms with Crippen molar-refractivity contribution in [2.24, 2.45) is 17.8 Å². The van der Waals surface area contributed by atoms with Crippen LogP contribution in [-0.4, -0.2) is 50.0 Å². The van der Waals surface area contributed by atoms with Crippen LogP contribution in [0.1, 0.15) is 27.1 Å². The molecule has 0 spiro atoms. The number of hydrogen-bond acceptors (Lipinski definition) is 6. The summed E-state index contributed by atoms with van der Waals surface area (Å²) in [7, 11) is -4.48. The van der Waals surface area contributed by atoms with Gasteiger partial charge in [-0.1, -0.05) is 24.3 Å². The summed E-state index contributed by atoms with van der Waals surface area (Å²) in [6, 6.07) is 7.84. The topological polar surface area (TPSA) is 139 Å². The second-order valence-electron chi connectivity index (χ2n) is 10.5. The quantitative estimate of drug-likeness (QED) is 0.225. The van der Waals surface area contributed by atoms with Crippen LogP contribution in [0.25, 0.3) is 11.1 Å². The Hall–Kier alpha value is -4.79. The molecular weight excluding hydrogens is 627 g/mol. The third-order valence-corrected chi connectivity index (χ3v) is 9.30. The number of anilines is 1. The predicted octanol–water partition coefficient (Wildman–Crippen LogP) is 5.19. The van der Waals surface area contributed by atoms with Gasteiger partial charge in [-0.3, -0.25) is 9.59 Å². The highest BCUT2D eigenvalue weighted by Gasteiger charge is 2.49. The number of carbonyl (C=O) groups excluding carboxylic acids is 2. The molecule has 0 saturated heterocycles. The standard InChI is InChI=1S/C30H23F5N2O7S/c1-44-24-13-23(32)20(14-7-8-19(29(40)41)22(31)10-14)12-21(24)27(38)37-26-16-6-5-15(9-16)25(26)28(39)36-17-3-2-4-18(11-17)45(42,43)30(33,34)35/h2-8,10-13,15-16,25-26H,9H2,1H3,(H,36,39)(H,37,38)(H,40,41). The summed E-state index contributed by atoms with van der Waals surface area (Å²) in [5.41, 5.74) is -6.83. The molecule has 45 heavy (non-hydrogen) atoms. The van der Waals surface area contributed by atoms with E-state index in [0.29, 0.717) is 12.5 Å². The number of alkyl halides is 3. The van der Waals surface area contributed by atoms with Gasteiger partial charge in [-0.05, 0) is 60.2 Å². The van der Waals surface area contributed by atoms with Crippen LogP contribution in [0.2, 0.25) is 0 Å². The second kappa shape index (κ2) is 11.6. The van der Waals surface area contributed by atoms with Crippen molar-refractivity contribution in [2.75, 3.05) is 12.4 Å². The smallest absolute Gasteiger partial charge is 0.496 e. The van der Waals surface area contributed by atoms with Crippen molar-refractivity contribution in [1.82, 2.24) is 5.32 Å². The first kappa shape index (κ1) is 31.6. The van der Waals surface area contributed by atoms with Gasteiger partial charge in [0.05, 0.1) is 29.1 Å². The van der Waals surface area contributed by atoms with E-state index in [1.54, 1.807) is 12.2 Å². The van der Waals surface area contributed by atoms with Crippen LogP contribution in [0, 0.1) is 29.4 Å². The van der Waals surface area contributed by atoms with Crippen LogP contribution in [-0.2, 0) is 14.6 Å². The fourth-order valence-corrected chi connectivity index (χ4v) is 6.49. The second-order valence-corrected chi connectivity index (χ2v) is 12.4. The number of carboxylic acids is 1. The number of benzene rings is 3. The van der Waals surface area contributed by atoms with Gasteiger partial charge in [0.2, 0.25) is 5.91 Å². The average Bonchev–Trinajstić information content (AvgIpc) is 3.58. The van der Waals surface area contributed by atoms with Gasteiger partial charge in [0, 0.05) is 23.4 Å². The monoisotopic (exact) mass is 650 g/mol. The molecule has 3 N–H and O–H groups in total. The van der Waals surface area contributed by atoms with Gasteiger partial charge in [-0.2, -0.15) is 13.2 Å². The molecule has 2 aliphatic rings. The summed E-state index contributed by atoms with van der Waals surface area (Å²) in [4.78, 5) is 37.0. The molecule has 15 heteroatoms. The molecular formula is C30H23F5N2O7S. The summed E-state index contributed by atoms with van der Waals surface area (Å²) in [6.45, 7) is 0. The molecule has 236 valence electrons.